The number of carboxylic acid groups (broad SMARTS) is 4. The lowest BCUT2D eigenvalue weighted by Crippen LogP contribution is -2.60. The summed E-state index contributed by atoms with van der Waals surface area (Å²) in [6.45, 7) is -4.09. The molecule has 0 radical (unpaired) electrons. The van der Waals surface area contributed by atoms with Crippen molar-refractivity contribution >= 4 is 94.8 Å². The Bertz CT molecular complexity index is 3250. The fourth-order valence-electron chi connectivity index (χ4n) is 8.13. The largest absolute Gasteiger partial charge is 0.481 e. The Labute approximate surface area is 529 Å². The van der Waals surface area contributed by atoms with Gasteiger partial charge in [0, 0.05) is 92.5 Å². The van der Waals surface area contributed by atoms with Crippen molar-refractivity contribution < 1.29 is 102 Å². The Hall–Kier alpha value is -11.7. The minimum atomic E-state index is -1.87. The van der Waals surface area contributed by atoms with E-state index in [-0.39, 0.29) is 29.9 Å². The van der Waals surface area contributed by atoms with Gasteiger partial charge in [-0.15, -0.1) is 0 Å². The third-order valence-corrected chi connectivity index (χ3v) is 13.0. The predicted octanol–water partition coefficient (Wildman–Crippen LogP) is -10.2. The number of nitrogens with zero attached hydrogens (tertiary/aromatic N) is 4. The fourth-order valence-corrected chi connectivity index (χ4v) is 8.13. The summed E-state index contributed by atoms with van der Waals surface area (Å²) in [6.07, 6.45) is 4.11. The number of H-pyrrole nitrogens is 4. The number of aromatic amines is 4. The van der Waals surface area contributed by atoms with Crippen molar-refractivity contribution in [3.05, 3.63) is 72.9 Å². The van der Waals surface area contributed by atoms with E-state index in [1.54, 1.807) is 0 Å². The Morgan fingerprint density at radius 2 is 0.606 bits per heavy atom. The van der Waals surface area contributed by atoms with Gasteiger partial charge in [0.05, 0.1) is 64.6 Å². The molecule has 12 amide bonds. The summed E-state index contributed by atoms with van der Waals surface area (Å²) in [7, 11) is 0. The Morgan fingerprint density at radius 1 is 0.351 bits per heavy atom. The molecule has 0 aliphatic rings. The molecule has 4 rings (SSSR count). The second kappa shape index (κ2) is 38.7. The minimum Gasteiger partial charge on any atom is -0.481 e. The fraction of sp³-hybridized carbons (Fsp3) is 0.462. The van der Waals surface area contributed by atoms with Gasteiger partial charge in [0.1, 0.15) is 48.3 Å². The van der Waals surface area contributed by atoms with Crippen LogP contribution in [-0.2, 0) is 102 Å². The lowest BCUT2D eigenvalue weighted by atomic mass is 10.0. The maximum Gasteiger partial charge on any atom is 0.326 e. The van der Waals surface area contributed by atoms with Crippen molar-refractivity contribution in [3.8, 4) is 0 Å². The first-order valence-electron chi connectivity index (χ1n) is 28.3. The molecule has 0 aromatic carbocycles. The summed E-state index contributed by atoms with van der Waals surface area (Å²) in [5, 5.41) is 74.9. The van der Waals surface area contributed by atoms with E-state index in [4.69, 9.17) is 10.8 Å². The SMILES string of the molecule is N[C@@H](CO)C(=O)NCC(=O)NCC(=O)NCC(=O)NCC(=O)NCC(=O)N[C@@H](Cc1cnc[nH]1)C(=O)N[C@@H](CCC(=O)O)C(=O)N[C@@H](Cc1cnc[nH]1)C(=O)N[C@@H](CCC(=O)O)C(=O)N[C@@H](Cc1cnc[nH]1)C(=O)N[C@@H](CCC(=O)O)C(=O)N[C@@H](Cc1cnc[nH]1)C(=O)O. The highest BCUT2D eigenvalue weighted by atomic mass is 16.4. The van der Waals surface area contributed by atoms with Gasteiger partial charge in [-0.2, -0.15) is 0 Å². The van der Waals surface area contributed by atoms with Crippen molar-refractivity contribution in [2.45, 2.75) is 113 Å². The van der Waals surface area contributed by atoms with Gasteiger partial charge in [0.15, 0.2) is 0 Å². The van der Waals surface area contributed by atoms with E-state index in [9.17, 15) is 97.1 Å². The number of aliphatic hydroxyl groups excluding tert-OH is 1. The van der Waals surface area contributed by atoms with Crippen LogP contribution in [0.1, 0.15) is 61.3 Å². The van der Waals surface area contributed by atoms with E-state index in [2.05, 4.69) is 104 Å². The van der Waals surface area contributed by atoms with Gasteiger partial charge in [-0.05, 0) is 19.3 Å². The maximum absolute atomic E-state index is 14.4. The first-order valence-corrected chi connectivity index (χ1v) is 28.3. The number of carbonyl (C=O) groups excluding carboxylic acids is 12. The number of amides is 12. The minimum absolute atomic E-state index is 0.168. The Kier molecular flexibility index (Phi) is 30.8. The molecule has 510 valence electrons. The summed E-state index contributed by atoms with van der Waals surface area (Å²) < 4.78 is 0. The molecule has 23 N–H and O–H groups in total. The third-order valence-electron chi connectivity index (χ3n) is 13.0. The van der Waals surface area contributed by atoms with E-state index in [0.717, 1.165) is 0 Å². The summed E-state index contributed by atoms with van der Waals surface area (Å²) in [5.74, 6) is -18.2. The molecular formula is C52H71N21O21. The molecule has 94 heavy (non-hydrogen) atoms. The lowest BCUT2D eigenvalue weighted by molar-refractivity contribution is -0.143. The number of nitrogens with two attached hydrogens (primary N) is 1. The first-order chi connectivity index (χ1) is 44.7. The van der Waals surface area contributed by atoms with Crippen molar-refractivity contribution in [1.82, 2.24) is 104 Å². The van der Waals surface area contributed by atoms with Gasteiger partial charge < -0.3 is 115 Å². The van der Waals surface area contributed by atoms with E-state index < -0.39 is 234 Å². The van der Waals surface area contributed by atoms with Gasteiger partial charge in [0.25, 0.3) is 0 Å². The number of imidazole rings is 4. The quantitative estimate of drug-likeness (QED) is 0.0196. The molecule has 42 nitrogen and oxygen atoms in total. The maximum atomic E-state index is 14.4. The van der Waals surface area contributed by atoms with Gasteiger partial charge in [-0.25, -0.2) is 24.7 Å². The number of aromatic nitrogens is 8. The molecule has 42 heteroatoms. The summed E-state index contributed by atoms with van der Waals surface area (Å²) >= 11 is 0. The van der Waals surface area contributed by atoms with Gasteiger partial charge >= 0.3 is 23.9 Å². The van der Waals surface area contributed by atoms with Crippen LogP contribution in [-0.4, -0.2) is 248 Å². The number of aliphatic hydroxyl groups is 1. The standard InChI is InChI=1S/C52H71N21O21/c53-29(20-74)45(86)62-18-40(78)60-16-38(76)58-15-37(75)59-17-39(77)61-19-41(79)67-33(7-25-11-54-21-63-25)49(90)68-30(1-4-42(80)81)46(87)71-34(8-26-12-55-22-64-26)50(91)69-31(2-5-43(82)83)47(88)72-35(9-27-13-56-23-65-27)51(92)70-32(3-6-44(84)85)48(89)73-36(52(93)94)10-28-14-57-24-66-28/h11-14,21-24,29-36,74H,1-10,15-20,53H2,(H,54,63)(H,55,64)(H,56,65)(H,57,66)(H,58,76)(H,59,75)(H,60,78)(H,61,77)(H,62,86)(H,67,79)(H,68,90)(H,69,91)(H,70,92)(H,71,87)(H,72,88)(H,73,89)(H,80,81)(H,82,83)(H,84,85)(H,93,94)/t29-,30-,31-,32-,33-,34-,35-,36-/m0/s1. The molecule has 8 atom stereocenters. The number of hydrogen-bond acceptors (Lipinski definition) is 22. The van der Waals surface area contributed by atoms with Gasteiger partial charge in [-0.3, -0.25) is 71.9 Å². The Morgan fingerprint density at radius 3 is 0.883 bits per heavy atom. The molecule has 0 saturated carbocycles. The zero-order valence-corrected chi connectivity index (χ0v) is 49.7. The van der Waals surface area contributed by atoms with Gasteiger partial charge in [0.2, 0.25) is 70.9 Å². The lowest BCUT2D eigenvalue weighted by Gasteiger charge is -2.27. The number of nitrogens with one attached hydrogen (secondary N) is 16. The van der Waals surface area contributed by atoms with Crippen molar-refractivity contribution in [2.24, 2.45) is 5.73 Å². The summed E-state index contributed by atoms with van der Waals surface area (Å²) in [4.78, 5) is 233. The zero-order valence-electron chi connectivity index (χ0n) is 49.7. The molecule has 0 aliphatic heterocycles. The average Bonchev–Trinajstić information content (AvgIpc) is 1.15. The van der Waals surface area contributed by atoms with Crippen LogP contribution in [0.5, 0.6) is 0 Å². The Balaban J connectivity index is 1.48. The summed E-state index contributed by atoms with van der Waals surface area (Å²) in [6, 6.07) is -13.5. The van der Waals surface area contributed by atoms with Crippen molar-refractivity contribution in [1.29, 1.82) is 0 Å². The van der Waals surface area contributed by atoms with E-state index in [0.29, 0.717) is 5.69 Å². The van der Waals surface area contributed by atoms with Crippen LogP contribution < -0.4 is 69.5 Å². The molecule has 4 aromatic heterocycles. The topological polar surface area (TPSA) is 659 Å². The second-order valence-electron chi connectivity index (χ2n) is 20.4. The van der Waals surface area contributed by atoms with Crippen LogP contribution in [0, 0.1) is 0 Å². The number of carbonyl (C=O) groups is 16. The molecule has 0 unspecified atom stereocenters. The molecular weight excluding hydrogens is 1250 g/mol. The van der Waals surface area contributed by atoms with E-state index in [1.165, 1.54) is 50.1 Å². The molecule has 0 spiro atoms. The number of carboxylic acids is 4. The van der Waals surface area contributed by atoms with E-state index in [1.807, 2.05) is 0 Å². The highest BCUT2D eigenvalue weighted by Crippen LogP contribution is 2.11. The normalized spacial score (nSPS) is 13.3. The first kappa shape index (κ1) is 74.7. The van der Waals surface area contributed by atoms with Crippen molar-refractivity contribution in [2.75, 3.05) is 39.3 Å². The van der Waals surface area contributed by atoms with Gasteiger partial charge in [-0.1, -0.05) is 0 Å². The number of aliphatic carboxylic acids is 4. The average molecular weight is 1330 g/mol. The van der Waals surface area contributed by atoms with Crippen LogP contribution in [0.3, 0.4) is 0 Å². The monoisotopic (exact) mass is 1330 g/mol. The van der Waals surface area contributed by atoms with Crippen LogP contribution in [0.2, 0.25) is 0 Å². The van der Waals surface area contributed by atoms with Crippen molar-refractivity contribution in [3.63, 3.8) is 0 Å². The number of hydrogen-bond donors (Lipinski definition) is 22. The summed E-state index contributed by atoms with van der Waals surface area (Å²) in [5.41, 5.74) is 6.21. The highest BCUT2D eigenvalue weighted by Gasteiger charge is 2.36. The molecule has 4 heterocycles. The third kappa shape index (κ3) is 28.0. The highest BCUT2D eigenvalue weighted by molar-refractivity contribution is 5.99. The zero-order chi connectivity index (χ0) is 69.3. The van der Waals surface area contributed by atoms with Crippen LogP contribution in [0.25, 0.3) is 0 Å². The molecule has 0 bridgehead atoms. The van der Waals surface area contributed by atoms with Crippen LogP contribution in [0.15, 0.2) is 50.1 Å². The smallest absolute Gasteiger partial charge is 0.326 e. The predicted molar refractivity (Wildman–Crippen MR) is 311 cm³/mol. The molecule has 0 fully saturated rings. The van der Waals surface area contributed by atoms with Crippen LogP contribution >= 0.6 is 0 Å². The van der Waals surface area contributed by atoms with Crippen LogP contribution in [0.4, 0.5) is 0 Å². The molecule has 4 aromatic rings. The van der Waals surface area contributed by atoms with E-state index >= 15 is 0 Å². The second-order valence-corrected chi connectivity index (χ2v) is 20.4. The molecule has 0 aliphatic carbocycles. The molecule has 0 saturated heterocycles. The number of rotatable bonds is 43.